The Bertz CT molecular complexity index is 1180. The number of hydrogen-bond donors (Lipinski definition) is 2. The topological polar surface area (TPSA) is 99.7 Å². The molecule has 34 heavy (non-hydrogen) atoms. The quantitative estimate of drug-likeness (QED) is 0.547. The van der Waals surface area contributed by atoms with E-state index in [0.29, 0.717) is 44.2 Å². The lowest BCUT2D eigenvalue weighted by Crippen LogP contribution is -2.38. The van der Waals surface area contributed by atoms with Gasteiger partial charge in [-0.2, -0.15) is 0 Å². The Morgan fingerprint density at radius 1 is 1.12 bits per heavy atom. The van der Waals surface area contributed by atoms with Crippen molar-refractivity contribution in [2.24, 2.45) is 5.92 Å². The lowest BCUT2D eigenvalue weighted by Gasteiger charge is -2.27. The minimum Gasteiger partial charge on any atom is -0.491 e. The Kier molecular flexibility index (Phi) is 5.80. The SMILES string of the molecule is COc1ccc2ncc3c(c2n1)C(CC(NCc1cc2c(cn1)OCCO2)[C@H]1CCNC1)CO3. The highest BCUT2D eigenvalue weighted by molar-refractivity contribution is 5.81. The maximum absolute atomic E-state index is 6.05. The third-order valence-corrected chi connectivity index (χ3v) is 6.99. The minimum absolute atomic E-state index is 0.228. The van der Waals surface area contributed by atoms with E-state index in [4.69, 9.17) is 23.9 Å². The molecule has 0 saturated carbocycles. The molecule has 3 atom stereocenters. The molecule has 1 fully saturated rings. The van der Waals surface area contributed by atoms with Gasteiger partial charge in [0, 0.05) is 36.2 Å². The summed E-state index contributed by atoms with van der Waals surface area (Å²) in [5.74, 6) is 3.68. The van der Waals surface area contributed by atoms with E-state index in [9.17, 15) is 0 Å². The summed E-state index contributed by atoms with van der Waals surface area (Å²) in [5.41, 5.74) is 3.82. The first-order chi connectivity index (χ1) is 16.8. The zero-order chi connectivity index (χ0) is 22.9. The molecule has 6 heterocycles. The lowest BCUT2D eigenvalue weighted by molar-refractivity contribution is 0.170. The third-order valence-electron chi connectivity index (χ3n) is 6.99. The fourth-order valence-electron chi connectivity index (χ4n) is 5.22. The van der Waals surface area contributed by atoms with E-state index in [0.717, 1.165) is 65.5 Å². The monoisotopic (exact) mass is 463 g/mol. The van der Waals surface area contributed by atoms with Gasteiger partial charge in [-0.1, -0.05) is 0 Å². The van der Waals surface area contributed by atoms with Crippen molar-refractivity contribution in [2.75, 3.05) is 40.0 Å². The number of nitrogens with one attached hydrogen (secondary N) is 2. The predicted molar refractivity (Wildman–Crippen MR) is 126 cm³/mol. The second-order valence-electron chi connectivity index (χ2n) is 9.06. The average molecular weight is 464 g/mol. The summed E-state index contributed by atoms with van der Waals surface area (Å²) < 4.78 is 22.8. The minimum atomic E-state index is 0.228. The predicted octanol–water partition coefficient (Wildman–Crippen LogP) is 2.44. The standard InChI is InChI=1S/C25H29N5O4/c1-31-23-3-2-18-25(30-23)24-16(14-34-22(24)13-29-18)8-19(15-4-5-26-10-15)28-11-17-9-20-21(12-27-17)33-7-6-32-20/h2-3,9,12-13,15-16,19,26,28H,4-8,10-11,14H2,1H3/t15-,16?,19?/m0/s1. The first kappa shape index (κ1) is 21.4. The van der Waals surface area contributed by atoms with Gasteiger partial charge in [0.1, 0.15) is 24.5 Å². The van der Waals surface area contributed by atoms with E-state index < -0.39 is 0 Å². The van der Waals surface area contributed by atoms with E-state index in [-0.39, 0.29) is 5.92 Å². The molecule has 2 unspecified atom stereocenters. The third kappa shape index (κ3) is 4.10. The van der Waals surface area contributed by atoms with Crippen molar-refractivity contribution in [3.05, 3.63) is 41.9 Å². The maximum atomic E-state index is 6.05. The first-order valence-corrected chi connectivity index (χ1v) is 11.9. The Hall–Kier alpha value is -3.17. The van der Waals surface area contributed by atoms with Crippen molar-refractivity contribution in [1.82, 2.24) is 25.6 Å². The molecule has 0 spiro atoms. The molecule has 1 saturated heterocycles. The van der Waals surface area contributed by atoms with Crippen LogP contribution in [0.25, 0.3) is 11.0 Å². The van der Waals surface area contributed by atoms with Crippen molar-refractivity contribution < 1.29 is 18.9 Å². The van der Waals surface area contributed by atoms with Crippen molar-refractivity contribution >= 4 is 11.0 Å². The smallest absolute Gasteiger partial charge is 0.213 e. The zero-order valence-electron chi connectivity index (χ0n) is 19.3. The molecular weight excluding hydrogens is 434 g/mol. The number of hydrogen-bond acceptors (Lipinski definition) is 9. The van der Waals surface area contributed by atoms with E-state index in [1.54, 1.807) is 13.3 Å². The van der Waals surface area contributed by atoms with Gasteiger partial charge in [0.05, 0.1) is 37.3 Å². The van der Waals surface area contributed by atoms with Crippen LogP contribution >= 0.6 is 0 Å². The maximum Gasteiger partial charge on any atom is 0.213 e. The summed E-state index contributed by atoms with van der Waals surface area (Å²) in [6.45, 7) is 4.50. The van der Waals surface area contributed by atoms with Gasteiger partial charge in [-0.25, -0.2) is 4.98 Å². The number of fused-ring (bicyclic) bond motifs is 4. The van der Waals surface area contributed by atoms with E-state index in [1.807, 2.05) is 24.4 Å². The molecule has 0 aliphatic carbocycles. The van der Waals surface area contributed by atoms with Gasteiger partial charge in [-0.3, -0.25) is 9.97 Å². The molecule has 0 aromatic carbocycles. The Balaban J connectivity index is 1.24. The molecule has 9 nitrogen and oxygen atoms in total. The number of methoxy groups -OCH3 is 1. The average Bonchev–Trinajstić information content (AvgIpc) is 3.56. The van der Waals surface area contributed by atoms with Crippen LogP contribution in [0.1, 0.15) is 30.0 Å². The number of ether oxygens (including phenoxy) is 4. The molecule has 9 heteroatoms. The molecular formula is C25H29N5O4. The molecule has 3 aliphatic heterocycles. The Labute approximate surface area is 198 Å². The normalized spacial score (nSPS) is 21.8. The van der Waals surface area contributed by atoms with Crippen LogP contribution < -0.4 is 29.6 Å². The van der Waals surface area contributed by atoms with Crippen LogP contribution in [0.3, 0.4) is 0 Å². The molecule has 0 bridgehead atoms. The second kappa shape index (κ2) is 9.23. The van der Waals surface area contributed by atoms with Gasteiger partial charge in [0.25, 0.3) is 0 Å². The lowest BCUT2D eigenvalue weighted by atomic mass is 9.86. The fourth-order valence-corrected chi connectivity index (χ4v) is 5.22. The number of pyridine rings is 3. The zero-order valence-corrected chi connectivity index (χ0v) is 19.3. The summed E-state index contributed by atoms with van der Waals surface area (Å²) in [5, 5.41) is 7.32. The van der Waals surface area contributed by atoms with Crippen LogP contribution in [0.5, 0.6) is 23.1 Å². The summed E-state index contributed by atoms with van der Waals surface area (Å²) >= 11 is 0. The van der Waals surface area contributed by atoms with Crippen molar-refractivity contribution in [1.29, 1.82) is 0 Å². The van der Waals surface area contributed by atoms with Crippen molar-refractivity contribution in [3.63, 3.8) is 0 Å². The molecule has 2 N–H and O–H groups in total. The highest BCUT2D eigenvalue weighted by atomic mass is 16.6. The second-order valence-corrected chi connectivity index (χ2v) is 9.06. The number of aromatic nitrogens is 3. The summed E-state index contributed by atoms with van der Waals surface area (Å²) in [6.07, 6.45) is 5.68. The molecule has 3 aliphatic rings. The van der Waals surface area contributed by atoms with Crippen molar-refractivity contribution in [3.8, 4) is 23.1 Å². The Morgan fingerprint density at radius 2 is 2.00 bits per heavy atom. The highest BCUT2D eigenvalue weighted by Gasteiger charge is 2.34. The van der Waals surface area contributed by atoms with Gasteiger partial charge < -0.3 is 29.6 Å². The van der Waals surface area contributed by atoms with Crippen molar-refractivity contribution in [2.45, 2.75) is 31.3 Å². The molecule has 3 aromatic rings. The van der Waals surface area contributed by atoms with Gasteiger partial charge in [0.15, 0.2) is 11.5 Å². The van der Waals surface area contributed by atoms with Crippen LogP contribution in [0, 0.1) is 5.92 Å². The molecule has 178 valence electrons. The van der Waals surface area contributed by atoms with Crippen LogP contribution in [-0.4, -0.2) is 61.0 Å². The van der Waals surface area contributed by atoms with E-state index in [2.05, 4.69) is 20.6 Å². The Morgan fingerprint density at radius 3 is 2.85 bits per heavy atom. The van der Waals surface area contributed by atoms with Gasteiger partial charge in [-0.15, -0.1) is 0 Å². The van der Waals surface area contributed by atoms with Gasteiger partial charge in [0.2, 0.25) is 5.88 Å². The van der Waals surface area contributed by atoms with E-state index >= 15 is 0 Å². The van der Waals surface area contributed by atoms with E-state index in [1.165, 1.54) is 0 Å². The molecule has 3 aromatic heterocycles. The largest absolute Gasteiger partial charge is 0.491 e. The number of rotatable bonds is 7. The van der Waals surface area contributed by atoms with Crippen LogP contribution in [-0.2, 0) is 6.54 Å². The van der Waals surface area contributed by atoms with Crippen LogP contribution in [0.4, 0.5) is 0 Å². The molecule has 0 amide bonds. The number of nitrogens with zero attached hydrogens (tertiary/aromatic N) is 3. The van der Waals surface area contributed by atoms with Gasteiger partial charge >= 0.3 is 0 Å². The fraction of sp³-hybridized carbons (Fsp3) is 0.480. The van der Waals surface area contributed by atoms with Crippen LogP contribution in [0.15, 0.2) is 30.6 Å². The van der Waals surface area contributed by atoms with Crippen LogP contribution in [0.2, 0.25) is 0 Å². The highest BCUT2D eigenvalue weighted by Crippen LogP contribution is 2.41. The van der Waals surface area contributed by atoms with Gasteiger partial charge in [-0.05, 0) is 37.9 Å². The molecule has 0 radical (unpaired) electrons. The first-order valence-electron chi connectivity index (χ1n) is 11.9. The molecule has 6 rings (SSSR count). The summed E-state index contributed by atoms with van der Waals surface area (Å²) in [6, 6.07) is 6.09. The summed E-state index contributed by atoms with van der Waals surface area (Å²) in [7, 11) is 1.64. The summed E-state index contributed by atoms with van der Waals surface area (Å²) in [4.78, 5) is 13.8.